The number of anilines is 1. The number of benzene rings is 2. The van der Waals surface area contributed by atoms with Gasteiger partial charge in [-0.05, 0) is 61.0 Å². The summed E-state index contributed by atoms with van der Waals surface area (Å²) >= 11 is 0. The number of ether oxygens (including phenoxy) is 1. The minimum atomic E-state index is -0.135. The Bertz CT molecular complexity index is 936. The number of likely N-dealkylation sites (N-methyl/N-ethyl adjacent to an activating group) is 1. The van der Waals surface area contributed by atoms with Crippen LogP contribution in [0.15, 0.2) is 54.6 Å². The molecule has 0 saturated carbocycles. The number of nitrogens with zero attached hydrogens (tertiary/aromatic N) is 2. The quantitative estimate of drug-likeness (QED) is 0.573. The fourth-order valence-electron chi connectivity index (χ4n) is 4.09. The molecule has 1 atom stereocenters. The van der Waals surface area contributed by atoms with E-state index in [4.69, 9.17) is 4.74 Å². The van der Waals surface area contributed by atoms with Gasteiger partial charge in [0.25, 0.3) is 0 Å². The maximum atomic E-state index is 12.5. The van der Waals surface area contributed by atoms with Gasteiger partial charge in [-0.2, -0.15) is 0 Å². The van der Waals surface area contributed by atoms with Crippen LogP contribution in [0.3, 0.4) is 0 Å². The highest BCUT2D eigenvalue weighted by Crippen LogP contribution is 2.24. The van der Waals surface area contributed by atoms with Gasteiger partial charge >= 0.3 is 0 Å². The molecule has 32 heavy (non-hydrogen) atoms. The van der Waals surface area contributed by atoms with E-state index in [1.807, 2.05) is 47.4 Å². The molecule has 0 radical (unpaired) electrons. The average molecular weight is 436 g/mol. The van der Waals surface area contributed by atoms with Crippen molar-refractivity contribution in [2.75, 3.05) is 38.2 Å². The minimum Gasteiger partial charge on any atom is -0.497 e. The minimum absolute atomic E-state index is 0.0646. The van der Waals surface area contributed by atoms with Crippen LogP contribution in [0, 0.1) is 0 Å². The van der Waals surface area contributed by atoms with Crippen molar-refractivity contribution in [1.29, 1.82) is 0 Å². The van der Waals surface area contributed by atoms with Crippen molar-refractivity contribution in [3.63, 3.8) is 0 Å². The summed E-state index contributed by atoms with van der Waals surface area (Å²) in [6.45, 7) is 7.30. The summed E-state index contributed by atoms with van der Waals surface area (Å²) < 4.78 is 5.37. The van der Waals surface area contributed by atoms with Gasteiger partial charge in [0.15, 0.2) is 0 Å². The van der Waals surface area contributed by atoms with Crippen molar-refractivity contribution in [1.82, 2.24) is 10.2 Å². The predicted octanol–water partition coefficient (Wildman–Crippen LogP) is 4.03. The van der Waals surface area contributed by atoms with Crippen LogP contribution in [0.4, 0.5) is 5.69 Å². The molecular formula is C26H33N3O3. The van der Waals surface area contributed by atoms with Crippen molar-refractivity contribution in [2.45, 2.75) is 32.7 Å². The molecule has 2 aromatic carbocycles. The first kappa shape index (κ1) is 23.5. The van der Waals surface area contributed by atoms with E-state index in [-0.39, 0.29) is 17.9 Å². The van der Waals surface area contributed by atoms with Crippen molar-refractivity contribution in [2.24, 2.45) is 0 Å². The van der Waals surface area contributed by atoms with Gasteiger partial charge in [-0.1, -0.05) is 38.1 Å². The van der Waals surface area contributed by atoms with E-state index in [1.165, 1.54) is 0 Å². The molecule has 6 heteroatoms. The Morgan fingerprint density at radius 2 is 1.94 bits per heavy atom. The van der Waals surface area contributed by atoms with Crippen LogP contribution in [-0.4, -0.2) is 50.0 Å². The van der Waals surface area contributed by atoms with Gasteiger partial charge in [-0.3, -0.25) is 14.5 Å². The first-order chi connectivity index (χ1) is 15.5. The zero-order valence-electron chi connectivity index (χ0n) is 19.2. The monoisotopic (exact) mass is 435 g/mol. The summed E-state index contributed by atoms with van der Waals surface area (Å²) in [5.41, 5.74) is 2.95. The van der Waals surface area contributed by atoms with Crippen LogP contribution in [-0.2, 0) is 9.59 Å². The number of rotatable bonds is 10. The Morgan fingerprint density at radius 3 is 2.56 bits per heavy atom. The van der Waals surface area contributed by atoms with E-state index >= 15 is 0 Å². The van der Waals surface area contributed by atoms with E-state index in [0.29, 0.717) is 13.0 Å². The summed E-state index contributed by atoms with van der Waals surface area (Å²) in [6, 6.07) is 15.8. The van der Waals surface area contributed by atoms with E-state index in [9.17, 15) is 9.59 Å². The summed E-state index contributed by atoms with van der Waals surface area (Å²) in [7, 11) is 1.66. The van der Waals surface area contributed by atoms with Crippen molar-refractivity contribution < 1.29 is 14.3 Å². The summed E-state index contributed by atoms with van der Waals surface area (Å²) in [5, 5.41) is 3.04. The molecule has 1 N–H and O–H groups in total. The van der Waals surface area contributed by atoms with Crippen LogP contribution in [0.25, 0.3) is 6.08 Å². The summed E-state index contributed by atoms with van der Waals surface area (Å²) in [6.07, 6.45) is 4.88. The van der Waals surface area contributed by atoms with Gasteiger partial charge in [0, 0.05) is 31.3 Å². The Balaban J connectivity index is 1.61. The number of carbonyl (C=O) groups is 2. The third-order valence-corrected chi connectivity index (χ3v) is 5.91. The van der Waals surface area contributed by atoms with E-state index in [1.54, 1.807) is 19.3 Å². The third kappa shape index (κ3) is 5.98. The second-order valence-corrected chi connectivity index (χ2v) is 7.83. The molecule has 1 fully saturated rings. The van der Waals surface area contributed by atoms with E-state index in [0.717, 1.165) is 48.6 Å². The maximum Gasteiger partial charge on any atom is 0.244 e. The highest BCUT2D eigenvalue weighted by Gasteiger charge is 2.21. The summed E-state index contributed by atoms with van der Waals surface area (Å²) in [4.78, 5) is 28.5. The molecule has 0 aromatic heterocycles. The first-order valence-electron chi connectivity index (χ1n) is 11.3. The lowest BCUT2D eigenvalue weighted by molar-refractivity contribution is -0.117. The van der Waals surface area contributed by atoms with Crippen LogP contribution in [0.5, 0.6) is 5.75 Å². The smallest absolute Gasteiger partial charge is 0.244 e. The highest BCUT2D eigenvalue weighted by atomic mass is 16.5. The second kappa shape index (κ2) is 11.5. The largest absolute Gasteiger partial charge is 0.497 e. The van der Waals surface area contributed by atoms with Crippen LogP contribution in [0.1, 0.15) is 43.9 Å². The predicted molar refractivity (Wildman–Crippen MR) is 129 cm³/mol. The molecule has 1 heterocycles. The topological polar surface area (TPSA) is 61.9 Å². The van der Waals surface area contributed by atoms with Crippen LogP contribution in [0.2, 0.25) is 0 Å². The zero-order chi connectivity index (χ0) is 22.9. The average Bonchev–Trinajstić information content (AvgIpc) is 3.26. The Morgan fingerprint density at radius 1 is 1.19 bits per heavy atom. The molecule has 0 bridgehead atoms. The standard InChI is InChI=1S/C26H33N3O3/c1-4-28(5-2)24(21-8-6-9-23(18-21)32-3)19-27-25(30)16-13-20-11-14-22(15-12-20)29-17-7-10-26(29)31/h6,8-9,11-16,18,24H,4-5,7,10,17,19H2,1-3H3,(H,27,30)/b16-13+/t24-/m1/s1. The van der Waals surface area contributed by atoms with E-state index < -0.39 is 0 Å². The molecule has 1 aliphatic heterocycles. The van der Waals surface area contributed by atoms with Crippen molar-refractivity contribution in [3.8, 4) is 5.75 Å². The van der Waals surface area contributed by atoms with E-state index in [2.05, 4.69) is 30.1 Å². The Kier molecular flexibility index (Phi) is 8.45. The zero-order valence-corrected chi connectivity index (χ0v) is 19.2. The van der Waals surface area contributed by atoms with Crippen LogP contribution >= 0.6 is 0 Å². The molecule has 1 aliphatic rings. The number of amides is 2. The molecule has 0 unspecified atom stereocenters. The fourth-order valence-corrected chi connectivity index (χ4v) is 4.09. The molecule has 0 aliphatic carbocycles. The number of carbonyl (C=O) groups excluding carboxylic acids is 2. The number of hydrogen-bond acceptors (Lipinski definition) is 4. The molecule has 170 valence electrons. The molecule has 0 spiro atoms. The lowest BCUT2D eigenvalue weighted by Gasteiger charge is -2.30. The molecule has 6 nitrogen and oxygen atoms in total. The van der Waals surface area contributed by atoms with Gasteiger partial charge in [0.05, 0.1) is 13.2 Å². The van der Waals surface area contributed by atoms with Crippen LogP contribution < -0.4 is 15.0 Å². The van der Waals surface area contributed by atoms with Gasteiger partial charge in [-0.25, -0.2) is 0 Å². The molecular weight excluding hydrogens is 402 g/mol. The normalized spacial score (nSPS) is 14.9. The summed E-state index contributed by atoms with van der Waals surface area (Å²) in [5.74, 6) is 0.847. The van der Waals surface area contributed by atoms with Gasteiger partial charge in [0.2, 0.25) is 11.8 Å². The number of methoxy groups -OCH3 is 1. The lowest BCUT2D eigenvalue weighted by Crippen LogP contribution is -2.37. The van der Waals surface area contributed by atoms with Crippen molar-refractivity contribution in [3.05, 3.63) is 65.7 Å². The lowest BCUT2D eigenvalue weighted by atomic mass is 10.0. The molecule has 3 rings (SSSR count). The van der Waals surface area contributed by atoms with Gasteiger partial charge in [0.1, 0.15) is 5.75 Å². The number of nitrogens with one attached hydrogen (secondary N) is 1. The third-order valence-electron chi connectivity index (χ3n) is 5.91. The second-order valence-electron chi connectivity index (χ2n) is 7.83. The number of hydrogen-bond donors (Lipinski definition) is 1. The highest BCUT2D eigenvalue weighted by molar-refractivity contribution is 5.95. The van der Waals surface area contributed by atoms with Crippen molar-refractivity contribution >= 4 is 23.6 Å². The molecule has 2 amide bonds. The maximum absolute atomic E-state index is 12.5. The molecule has 2 aromatic rings. The Hall–Kier alpha value is -3.12. The van der Waals surface area contributed by atoms with Gasteiger partial charge < -0.3 is 15.0 Å². The molecule has 1 saturated heterocycles. The fraction of sp³-hybridized carbons (Fsp3) is 0.385. The first-order valence-corrected chi connectivity index (χ1v) is 11.3. The van der Waals surface area contributed by atoms with Gasteiger partial charge in [-0.15, -0.1) is 0 Å². The SMILES string of the molecule is CCN(CC)[C@H](CNC(=O)/C=C/c1ccc(N2CCCC2=O)cc1)c1cccc(OC)c1. The Labute approximate surface area is 190 Å².